The van der Waals surface area contributed by atoms with E-state index < -0.39 is 0 Å². The molecule has 0 spiro atoms. The van der Waals surface area contributed by atoms with E-state index >= 15 is 0 Å². The lowest BCUT2D eigenvalue weighted by molar-refractivity contribution is 1.62. The molecule has 0 N–H and O–H groups in total. The summed E-state index contributed by atoms with van der Waals surface area (Å²) in [5.74, 6) is 0. The monoisotopic (exact) mass is 962 g/mol. The number of halogens is 2. The van der Waals surface area contributed by atoms with Crippen LogP contribution >= 0.6 is 31.9 Å². The average Bonchev–Trinajstić information content (AvgIpc) is 3.88. The first-order valence-corrected chi connectivity index (χ1v) is 24.2. The van der Waals surface area contributed by atoms with Crippen molar-refractivity contribution in [2.45, 2.75) is 0 Å². The molecule has 0 fully saturated rings. The van der Waals surface area contributed by atoms with Crippen LogP contribution in [0.4, 0.5) is 0 Å². The van der Waals surface area contributed by atoms with Crippen molar-refractivity contribution in [2.24, 2.45) is 0 Å². The summed E-state index contributed by atoms with van der Waals surface area (Å²) in [5.41, 5.74) is 22.7. The summed E-state index contributed by atoms with van der Waals surface area (Å²) in [6.07, 6.45) is 0. The summed E-state index contributed by atoms with van der Waals surface area (Å²) in [7, 11) is 0. The normalized spacial score (nSPS) is 12.1. The number of fused-ring (bicyclic) bond motifs is 8. The first-order chi connectivity index (χ1) is 32.7. The van der Waals surface area contributed by atoms with Gasteiger partial charge in [-0.25, -0.2) is 0 Å². The van der Waals surface area contributed by atoms with Gasteiger partial charge < -0.3 is 0 Å². The van der Waals surface area contributed by atoms with E-state index in [0.29, 0.717) is 0 Å². The maximum absolute atomic E-state index is 4.19. The van der Waals surface area contributed by atoms with Gasteiger partial charge in [0.15, 0.2) is 0 Å². The molecule has 12 aromatic carbocycles. The zero-order chi connectivity index (χ0) is 43.6. The lowest BCUT2D eigenvalue weighted by atomic mass is 9.82. The van der Waals surface area contributed by atoms with Gasteiger partial charge in [-0.3, -0.25) is 0 Å². The number of benzene rings is 12. The molecule has 2 heteroatoms. The Morgan fingerprint density at radius 3 is 0.682 bits per heavy atom. The molecule has 0 atom stereocenters. The highest BCUT2D eigenvalue weighted by Crippen LogP contribution is 2.62. The summed E-state index contributed by atoms with van der Waals surface area (Å²) >= 11 is 8.38. The lowest BCUT2D eigenvalue weighted by Gasteiger charge is -2.20. The molecule has 0 heterocycles. The highest BCUT2D eigenvalue weighted by molar-refractivity contribution is 9.11. The molecule has 2 aliphatic rings. The van der Waals surface area contributed by atoms with Crippen LogP contribution in [0, 0.1) is 0 Å². The predicted molar refractivity (Wildman–Crippen MR) is 288 cm³/mol. The Kier molecular flexibility index (Phi) is 8.38. The van der Waals surface area contributed by atoms with Gasteiger partial charge in [-0.05, 0) is 145 Å². The van der Waals surface area contributed by atoms with E-state index in [1.54, 1.807) is 0 Å². The standard InChI is InChI=1S/C64H36Br2/c65-51-35-33-49-57-47(61-53(37-17-5-1-6-18-37)41-25-13-15-27-43(41)55(63(49)61)39-21-9-3-10-22-39)31-29-45(59(51)57)46-30-32-48-58-50(34-36-52(66)60(46)58)64-56(40-23-11-4-12-24-40)44-28-16-14-26-42(44)54(62(48)64)38-19-7-2-8-20-38/h1-36H. The van der Waals surface area contributed by atoms with Crippen molar-refractivity contribution in [3.8, 4) is 100 Å². The van der Waals surface area contributed by atoms with Crippen LogP contribution in [0.15, 0.2) is 227 Å². The van der Waals surface area contributed by atoms with E-state index in [1.807, 2.05) is 0 Å². The fourth-order valence-corrected chi connectivity index (χ4v) is 12.9. The molecule has 0 aromatic heterocycles. The van der Waals surface area contributed by atoms with Gasteiger partial charge in [0.2, 0.25) is 0 Å². The van der Waals surface area contributed by atoms with Crippen molar-refractivity contribution in [2.75, 3.05) is 0 Å². The Labute approximate surface area is 399 Å². The number of hydrogen-bond acceptors (Lipinski definition) is 0. The Balaban J connectivity index is 1.09. The topological polar surface area (TPSA) is 0 Å². The van der Waals surface area contributed by atoms with Crippen LogP contribution in [0.5, 0.6) is 0 Å². The first-order valence-electron chi connectivity index (χ1n) is 22.6. The molecular weight excluding hydrogens is 929 g/mol. The van der Waals surface area contributed by atoms with Crippen LogP contribution in [0.3, 0.4) is 0 Å². The molecule has 0 radical (unpaired) electrons. The second-order valence-corrected chi connectivity index (χ2v) is 19.3. The van der Waals surface area contributed by atoms with E-state index in [9.17, 15) is 0 Å². The molecule has 0 amide bonds. The second-order valence-electron chi connectivity index (χ2n) is 17.6. The van der Waals surface area contributed by atoms with E-state index in [-0.39, 0.29) is 0 Å². The second kappa shape index (κ2) is 14.6. The average molecular weight is 965 g/mol. The molecule has 12 aromatic rings. The van der Waals surface area contributed by atoms with Crippen LogP contribution in [-0.4, -0.2) is 0 Å². The van der Waals surface area contributed by atoms with Gasteiger partial charge >= 0.3 is 0 Å². The predicted octanol–water partition coefficient (Wildman–Crippen LogP) is 19.5. The van der Waals surface area contributed by atoms with Crippen molar-refractivity contribution >= 4 is 74.9 Å². The SMILES string of the molecule is Brc1ccc2c3c(ccc(-c4ccc5c6c(ccc(Br)c46)-c4c-5c(-c5ccccc5)c5ccccc5c4-c4ccccc4)c13)-c1c-2c(-c2ccccc2)c2ccccc2c1-c1ccccc1. The molecule has 0 nitrogen and oxygen atoms in total. The summed E-state index contributed by atoms with van der Waals surface area (Å²) in [6.45, 7) is 0. The van der Waals surface area contributed by atoms with Gasteiger partial charge in [0.05, 0.1) is 0 Å². The van der Waals surface area contributed by atoms with Gasteiger partial charge in [0, 0.05) is 19.7 Å². The molecule has 0 unspecified atom stereocenters. The Hall–Kier alpha value is -7.36. The summed E-state index contributed by atoms with van der Waals surface area (Å²) in [5, 5.41) is 10.1. The Morgan fingerprint density at radius 2 is 0.409 bits per heavy atom. The summed E-state index contributed by atoms with van der Waals surface area (Å²) < 4.78 is 2.18. The molecule has 0 saturated carbocycles. The van der Waals surface area contributed by atoms with Crippen molar-refractivity contribution in [3.05, 3.63) is 227 Å². The van der Waals surface area contributed by atoms with Gasteiger partial charge in [-0.2, -0.15) is 0 Å². The molecule has 0 saturated heterocycles. The van der Waals surface area contributed by atoms with Gasteiger partial charge in [-0.15, -0.1) is 0 Å². The highest BCUT2D eigenvalue weighted by Gasteiger charge is 2.35. The first kappa shape index (κ1) is 38.0. The number of rotatable bonds is 5. The molecule has 14 rings (SSSR count). The minimum Gasteiger partial charge on any atom is -0.0622 e. The molecule has 0 bridgehead atoms. The zero-order valence-electron chi connectivity index (χ0n) is 35.5. The molecule has 2 aliphatic carbocycles. The van der Waals surface area contributed by atoms with Crippen molar-refractivity contribution in [1.29, 1.82) is 0 Å². The van der Waals surface area contributed by atoms with Crippen molar-refractivity contribution < 1.29 is 0 Å². The van der Waals surface area contributed by atoms with E-state index in [0.717, 1.165) is 8.95 Å². The fraction of sp³-hybridized carbons (Fsp3) is 0. The maximum Gasteiger partial charge on any atom is 0.0260 e. The molecular formula is C64H36Br2. The lowest BCUT2D eigenvalue weighted by Crippen LogP contribution is -1.93. The summed E-state index contributed by atoms with van der Waals surface area (Å²) in [4.78, 5) is 0. The van der Waals surface area contributed by atoms with Gasteiger partial charge in [0.25, 0.3) is 0 Å². The van der Waals surface area contributed by atoms with Crippen LogP contribution in [0.1, 0.15) is 0 Å². The molecule has 66 heavy (non-hydrogen) atoms. The third-order valence-corrected chi connectivity index (χ3v) is 15.6. The number of hydrogen-bond donors (Lipinski definition) is 0. The van der Waals surface area contributed by atoms with Crippen LogP contribution in [0.25, 0.3) is 143 Å². The zero-order valence-corrected chi connectivity index (χ0v) is 38.7. The minimum absolute atomic E-state index is 1.09. The van der Waals surface area contributed by atoms with Crippen LogP contribution in [-0.2, 0) is 0 Å². The third kappa shape index (κ3) is 5.26. The Bertz CT molecular complexity index is 3570. The Morgan fingerprint density at radius 1 is 0.182 bits per heavy atom. The van der Waals surface area contributed by atoms with E-state index in [4.69, 9.17) is 0 Å². The fourth-order valence-electron chi connectivity index (χ4n) is 11.8. The largest absolute Gasteiger partial charge is 0.0622 e. The van der Waals surface area contributed by atoms with E-state index in [2.05, 4.69) is 250 Å². The van der Waals surface area contributed by atoms with Crippen molar-refractivity contribution in [3.63, 3.8) is 0 Å². The highest BCUT2D eigenvalue weighted by atomic mass is 79.9. The quantitative estimate of drug-likeness (QED) is 0.161. The van der Waals surface area contributed by atoms with Crippen LogP contribution in [0.2, 0.25) is 0 Å². The smallest absolute Gasteiger partial charge is 0.0260 e. The minimum atomic E-state index is 1.09. The molecule has 0 aliphatic heterocycles. The maximum atomic E-state index is 4.19. The summed E-state index contributed by atoms with van der Waals surface area (Å²) in [6, 6.07) is 80.8. The van der Waals surface area contributed by atoms with E-state index in [1.165, 1.54) is 143 Å². The van der Waals surface area contributed by atoms with Crippen molar-refractivity contribution in [1.82, 2.24) is 0 Å². The van der Waals surface area contributed by atoms with Gasteiger partial charge in [-0.1, -0.05) is 238 Å². The van der Waals surface area contributed by atoms with Gasteiger partial charge in [0.1, 0.15) is 0 Å². The molecule has 306 valence electrons. The third-order valence-electron chi connectivity index (χ3n) is 14.3. The van der Waals surface area contributed by atoms with Crippen LogP contribution < -0.4 is 0 Å².